The van der Waals surface area contributed by atoms with Gasteiger partial charge in [-0.3, -0.25) is 9.69 Å². The van der Waals surface area contributed by atoms with Crippen LogP contribution in [-0.4, -0.2) is 26.6 Å². The van der Waals surface area contributed by atoms with Gasteiger partial charge < -0.3 is 9.51 Å². The first-order valence-electron chi connectivity index (χ1n) is 8.01. The molecule has 0 saturated heterocycles. The molecular weight excluding hydrogens is 304 g/mol. The van der Waals surface area contributed by atoms with Crippen molar-refractivity contribution in [3.05, 3.63) is 69.4 Å². The minimum atomic E-state index is -0.172. The number of aromatic amines is 1. The van der Waals surface area contributed by atoms with Crippen molar-refractivity contribution < 1.29 is 4.52 Å². The van der Waals surface area contributed by atoms with Gasteiger partial charge >= 0.3 is 0 Å². The van der Waals surface area contributed by atoms with E-state index >= 15 is 0 Å². The lowest BCUT2D eigenvalue weighted by molar-refractivity contribution is 0.243. The van der Waals surface area contributed by atoms with Crippen molar-refractivity contribution in [1.82, 2.24) is 20.0 Å². The fourth-order valence-electron chi connectivity index (χ4n) is 3.11. The van der Waals surface area contributed by atoms with Gasteiger partial charge in [0.25, 0.3) is 11.4 Å². The highest BCUT2D eigenvalue weighted by molar-refractivity contribution is 5.53. The molecule has 4 rings (SSSR count). The summed E-state index contributed by atoms with van der Waals surface area (Å²) < 4.78 is 5.15. The van der Waals surface area contributed by atoms with Crippen molar-refractivity contribution in [3.8, 4) is 11.5 Å². The topological polar surface area (TPSA) is 75.0 Å². The first kappa shape index (κ1) is 14.8. The van der Waals surface area contributed by atoms with E-state index in [4.69, 9.17) is 4.52 Å². The van der Waals surface area contributed by atoms with E-state index in [1.165, 1.54) is 5.56 Å². The van der Waals surface area contributed by atoms with Crippen molar-refractivity contribution in [3.63, 3.8) is 0 Å². The first-order valence-corrected chi connectivity index (χ1v) is 8.01. The Hall–Kier alpha value is -2.73. The molecule has 24 heavy (non-hydrogen) atoms. The Morgan fingerprint density at radius 1 is 1.29 bits per heavy atom. The number of nitrogens with one attached hydrogen (secondary N) is 1. The van der Waals surface area contributed by atoms with Crippen LogP contribution >= 0.6 is 0 Å². The molecule has 2 aromatic heterocycles. The van der Waals surface area contributed by atoms with Crippen LogP contribution in [0.15, 0.2) is 45.7 Å². The van der Waals surface area contributed by atoms with Crippen molar-refractivity contribution >= 4 is 0 Å². The predicted octanol–water partition coefficient (Wildman–Crippen LogP) is 2.29. The van der Waals surface area contributed by atoms with Crippen LogP contribution in [0.2, 0.25) is 0 Å². The highest BCUT2D eigenvalue weighted by atomic mass is 16.5. The van der Waals surface area contributed by atoms with Gasteiger partial charge in [-0.25, -0.2) is 0 Å². The average molecular weight is 322 g/mol. The molecule has 3 aromatic rings. The van der Waals surface area contributed by atoms with Crippen molar-refractivity contribution in [1.29, 1.82) is 0 Å². The van der Waals surface area contributed by atoms with E-state index in [0.717, 1.165) is 37.3 Å². The van der Waals surface area contributed by atoms with Gasteiger partial charge in [-0.05, 0) is 24.1 Å². The smallest absolute Gasteiger partial charge is 0.263 e. The molecule has 6 heteroatoms. The molecule has 0 atom stereocenters. The van der Waals surface area contributed by atoms with Gasteiger partial charge in [0.05, 0.1) is 0 Å². The maximum absolute atomic E-state index is 12.3. The van der Waals surface area contributed by atoms with Gasteiger partial charge in [0, 0.05) is 31.7 Å². The van der Waals surface area contributed by atoms with Crippen LogP contribution < -0.4 is 5.56 Å². The second-order valence-electron chi connectivity index (χ2n) is 6.11. The summed E-state index contributed by atoms with van der Waals surface area (Å²) in [6.07, 6.45) is 0.834. The van der Waals surface area contributed by atoms with E-state index < -0.39 is 0 Å². The van der Waals surface area contributed by atoms with E-state index in [1.807, 2.05) is 12.1 Å². The summed E-state index contributed by atoms with van der Waals surface area (Å²) in [4.78, 5) is 21.8. The largest absolute Gasteiger partial charge is 0.334 e. The summed E-state index contributed by atoms with van der Waals surface area (Å²) >= 11 is 0. The minimum absolute atomic E-state index is 0.172. The van der Waals surface area contributed by atoms with Crippen LogP contribution in [0.25, 0.3) is 11.5 Å². The summed E-state index contributed by atoms with van der Waals surface area (Å²) in [7, 11) is 0. The van der Waals surface area contributed by atoms with Gasteiger partial charge in [0.2, 0.25) is 0 Å². The molecule has 0 aliphatic carbocycles. The Morgan fingerprint density at radius 3 is 2.88 bits per heavy atom. The molecule has 1 aliphatic rings. The van der Waals surface area contributed by atoms with E-state index in [9.17, 15) is 4.79 Å². The van der Waals surface area contributed by atoms with E-state index in [1.54, 1.807) is 6.92 Å². The standard InChI is InChI=1S/C18H18N4O2/c1-12-19-18(24-21-12)15-9-14-11-22(8-7-16(14)20-17(15)23)10-13-5-3-2-4-6-13/h2-6,9H,7-8,10-11H2,1H3,(H,20,23). The molecule has 0 bridgehead atoms. The molecule has 122 valence electrons. The average Bonchev–Trinajstić information content (AvgIpc) is 3.02. The van der Waals surface area contributed by atoms with Crippen LogP contribution in [0, 0.1) is 6.92 Å². The van der Waals surface area contributed by atoms with E-state index in [0.29, 0.717) is 11.4 Å². The molecule has 0 amide bonds. The SMILES string of the molecule is Cc1noc(-c2cc3c([nH]c2=O)CCN(Cc2ccccc2)C3)n1. The monoisotopic (exact) mass is 322 g/mol. The number of hydrogen-bond acceptors (Lipinski definition) is 5. The number of aryl methyl sites for hydroxylation is 1. The molecule has 0 spiro atoms. The summed E-state index contributed by atoms with van der Waals surface area (Å²) in [5.41, 5.74) is 3.68. The van der Waals surface area contributed by atoms with E-state index in [-0.39, 0.29) is 11.4 Å². The third-order valence-electron chi connectivity index (χ3n) is 4.29. The number of benzene rings is 1. The second kappa shape index (κ2) is 6.05. The van der Waals surface area contributed by atoms with Crippen LogP contribution in [0.4, 0.5) is 0 Å². The molecule has 0 unspecified atom stereocenters. The highest BCUT2D eigenvalue weighted by Gasteiger charge is 2.21. The molecular formula is C18H18N4O2. The summed E-state index contributed by atoms with van der Waals surface area (Å²) in [5, 5.41) is 3.77. The fourth-order valence-corrected chi connectivity index (χ4v) is 3.11. The molecule has 0 saturated carbocycles. The molecule has 6 nitrogen and oxygen atoms in total. The maximum atomic E-state index is 12.3. The summed E-state index contributed by atoms with van der Waals surface area (Å²) in [6, 6.07) is 12.3. The Kier molecular flexibility index (Phi) is 3.74. The first-order chi connectivity index (χ1) is 11.7. The van der Waals surface area contributed by atoms with Crippen LogP contribution in [0.5, 0.6) is 0 Å². The number of H-pyrrole nitrogens is 1. The number of aromatic nitrogens is 3. The summed E-state index contributed by atoms with van der Waals surface area (Å²) in [6.45, 7) is 4.35. The zero-order valence-electron chi connectivity index (χ0n) is 13.5. The lowest BCUT2D eigenvalue weighted by Crippen LogP contribution is -2.32. The number of pyridine rings is 1. The Bertz CT molecular complexity index is 914. The van der Waals surface area contributed by atoms with Crippen LogP contribution in [0.1, 0.15) is 22.6 Å². The molecule has 0 radical (unpaired) electrons. The van der Waals surface area contributed by atoms with E-state index in [2.05, 4.69) is 44.3 Å². The van der Waals surface area contributed by atoms with Crippen molar-refractivity contribution in [2.75, 3.05) is 6.54 Å². The number of fused-ring (bicyclic) bond motifs is 1. The van der Waals surface area contributed by atoms with Gasteiger partial charge in [-0.1, -0.05) is 35.5 Å². The summed E-state index contributed by atoms with van der Waals surface area (Å²) in [5.74, 6) is 0.796. The maximum Gasteiger partial charge on any atom is 0.263 e. The minimum Gasteiger partial charge on any atom is -0.334 e. The second-order valence-corrected chi connectivity index (χ2v) is 6.11. The van der Waals surface area contributed by atoms with Gasteiger partial charge in [-0.15, -0.1) is 0 Å². The van der Waals surface area contributed by atoms with Crippen LogP contribution in [0.3, 0.4) is 0 Å². The third-order valence-corrected chi connectivity index (χ3v) is 4.29. The number of nitrogens with zero attached hydrogens (tertiary/aromatic N) is 3. The third kappa shape index (κ3) is 2.88. The molecule has 1 N–H and O–H groups in total. The predicted molar refractivity (Wildman–Crippen MR) is 89.4 cm³/mol. The van der Waals surface area contributed by atoms with Gasteiger partial charge in [0.1, 0.15) is 5.56 Å². The Balaban J connectivity index is 1.62. The van der Waals surface area contributed by atoms with Gasteiger partial charge in [-0.2, -0.15) is 4.98 Å². The molecule has 1 aromatic carbocycles. The molecule has 3 heterocycles. The van der Waals surface area contributed by atoms with Crippen molar-refractivity contribution in [2.45, 2.75) is 26.4 Å². The lowest BCUT2D eigenvalue weighted by Gasteiger charge is -2.28. The normalized spacial score (nSPS) is 14.5. The zero-order valence-corrected chi connectivity index (χ0v) is 13.5. The quantitative estimate of drug-likeness (QED) is 0.801. The van der Waals surface area contributed by atoms with Crippen molar-refractivity contribution in [2.24, 2.45) is 0 Å². The Labute approximate surface area is 139 Å². The molecule has 1 aliphatic heterocycles. The number of hydrogen-bond donors (Lipinski definition) is 1. The highest BCUT2D eigenvalue weighted by Crippen LogP contribution is 2.22. The fraction of sp³-hybridized carbons (Fsp3) is 0.278. The van der Waals surface area contributed by atoms with Crippen LogP contribution in [-0.2, 0) is 19.5 Å². The Morgan fingerprint density at radius 2 is 2.12 bits per heavy atom. The lowest BCUT2D eigenvalue weighted by atomic mass is 10.0. The molecule has 0 fully saturated rings. The van der Waals surface area contributed by atoms with Gasteiger partial charge in [0.15, 0.2) is 5.82 Å². The number of rotatable bonds is 3. The zero-order chi connectivity index (χ0) is 16.5.